The molecular formula is C18H29NO2. The molecule has 1 amide bonds. The first-order valence-corrected chi connectivity index (χ1v) is 8.23. The first kappa shape index (κ1) is 17.7. The van der Waals surface area contributed by atoms with E-state index in [9.17, 15) is 9.90 Å². The van der Waals surface area contributed by atoms with Crippen LogP contribution in [0.2, 0.25) is 0 Å². The molecule has 0 spiro atoms. The van der Waals surface area contributed by atoms with Crippen LogP contribution in [-0.2, 0) is 11.3 Å². The highest BCUT2D eigenvalue weighted by Gasteiger charge is 2.13. The minimum absolute atomic E-state index is 0.259. The van der Waals surface area contributed by atoms with Crippen LogP contribution in [0.1, 0.15) is 63.9 Å². The molecule has 3 heteroatoms. The van der Waals surface area contributed by atoms with Crippen molar-refractivity contribution in [2.75, 3.05) is 0 Å². The number of carbonyl (C=O) groups excluding carboxylic acids is 1. The lowest BCUT2D eigenvalue weighted by molar-refractivity contribution is -0.129. The van der Waals surface area contributed by atoms with Gasteiger partial charge in [0.25, 0.3) is 0 Å². The van der Waals surface area contributed by atoms with Crippen molar-refractivity contribution in [3.63, 3.8) is 0 Å². The van der Waals surface area contributed by atoms with E-state index in [-0.39, 0.29) is 5.91 Å². The van der Waals surface area contributed by atoms with Crippen LogP contribution in [0.15, 0.2) is 30.3 Å². The Labute approximate surface area is 128 Å². The number of amides is 1. The maximum absolute atomic E-state index is 11.8. The van der Waals surface area contributed by atoms with E-state index in [0.717, 1.165) is 18.4 Å². The van der Waals surface area contributed by atoms with Crippen LogP contribution < -0.4 is 5.32 Å². The number of aliphatic hydroxyl groups excluding tert-OH is 1. The minimum Gasteiger partial charge on any atom is -0.383 e. The van der Waals surface area contributed by atoms with Crippen LogP contribution in [0, 0.1) is 0 Å². The van der Waals surface area contributed by atoms with Crippen molar-refractivity contribution in [2.24, 2.45) is 0 Å². The predicted octanol–water partition coefficient (Wildman–Crippen LogP) is 3.80. The molecule has 118 valence electrons. The summed E-state index contributed by atoms with van der Waals surface area (Å²) >= 11 is 0. The van der Waals surface area contributed by atoms with Crippen molar-refractivity contribution in [3.8, 4) is 0 Å². The van der Waals surface area contributed by atoms with Crippen molar-refractivity contribution in [2.45, 2.75) is 70.9 Å². The van der Waals surface area contributed by atoms with E-state index in [1.165, 1.54) is 32.1 Å². The molecule has 1 aromatic carbocycles. The van der Waals surface area contributed by atoms with Crippen LogP contribution in [0.3, 0.4) is 0 Å². The molecule has 3 nitrogen and oxygen atoms in total. The topological polar surface area (TPSA) is 49.3 Å². The molecule has 1 atom stereocenters. The maximum Gasteiger partial charge on any atom is 0.249 e. The second kappa shape index (κ2) is 11.3. The lowest BCUT2D eigenvalue weighted by atomic mass is 10.1. The van der Waals surface area contributed by atoms with Gasteiger partial charge in [-0.1, -0.05) is 82.2 Å². The van der Waals surface area contributed by atoms with Crippen LogP contribution in [0.4, 0.5) is 0 Å². The Morgan fingerprint density at radius 3 is 2.33 bits per heavy atom. The molecule has 0 saturated carbocycles. The van der Waals surface area contributed by atoms with E-state index in [1.807, 2.05) is 30.3 Å². The van der Waals surface area contributed by atoms with Gasteiger partial charge in [0, 0.05) is 6.54 Å². The Bertz CT molecular complexity index is 378. The first-order chi connectivity index (χ1) is 10.2. The molecule has 0 aliphatic carbocycles. The van der Waals surface area contributed by atoms with E-state index >= 15 is 0 Å². The number of nitrogens with one attached hydrogen (secondary N) is 1. The second-order valence-corrected chi connectivity index (χ2v) is 5.63. The smallest absolute Gasteiger partial charge is 0.249 e. The Balaban J connectivity index is 2.06. The molecule has 21 heavy (non-hydrogen) atoms. The van der Waals surface area contributed by atoms with Crippen LogP contribution in [0.5, 0.6) is 0 Å². The van der Waals surface area contributed by atoms with Gasteiger partial charge in [-0.15, -0.1) is 0 Å². The third kappa shape index (κ3) is 8.51. The van der Waals surface area contributed by atoms with E-state index in [1.54, 1.807) is 0 Å². The lowest BCUT2D eigenvalue weighted by Crippen LogP contribution is -2.34. The summed E-state index contributed by atoms with van der Waals surface area (Å²) in [4.78, 5) is 11.8. The van der Waals surface area contributed by atoms with Gasteiger partial charge in [-0.25, -0.2) is 0 Å². The van der Waals surface area contributed by atoms with Gasteiger partial charge in [-0.05, 0) is 12.0 Å². The third-order valence-electron chi connectivity index (χ3n) is 3.69. The van der Waals surface area contributed by atoms with Crippen molar-refractivity contribution in [1.29, 1.82) is 0 Å². The number of unbranched alkanes of at least 4 members (excludes halogenated alkanes) is 6. The minimum atomic E-state index is -0.871. The Morgan fingerprint density at radius 1 is 1.05 bits per heavy atom. The van der Waals surface area contributed by atoms with Gasteiger partial charge in [0.15, 0.2) is 0 Å². The Kier molecular flexibility index (Phi) is 9.55. The first-order valence-electron chi connectivity index (χ1n) is 8.23. The highest BCUT2D eigenvalue weighted by molar-refractivity contribution is 5.80. The normalized spacial score (nSPS) is 12.1. The standard InChI is InChI=1S/C18H29NO2/c1-2-3-4-5-6-7-11-14-17(20)18(21)19-15-16-12-9-8-10-13-16/h8-10,12-13,17,20H,2-7,11,14-15H2,1H3,(H,19,21). The number of rotatable bonds is 11. The fourth-order valence-electron chi connectivity index (χ4n) is 2.33. The summed E-state index contributed by atoms with van der Waals surface area (Å²) in [5.74, 6) is -0.259. The molecular weight excluding hydrogens is 262 g/mol. The molecule has 0 aliphatic heterocycles. The zero-order valence-corrected chi connectivity index (χ0v) is 13.2. The van der Waals surface area contributed by atoms with Gasteiger partial charge >= 0.3 is 0 Å². The number of hydrogen-bond acceptors (Lipinski definition) is 2. The molecule has 0 aliphatic rings. The largest absolute Gasteiger partial charge is 0.383 e. The lowest BCUT2D eigenvalue weighted by Gasteiger charge is -2.11. The molecule has 1 rings (SSSR count). The van der Waals surface area contributed by atoms with E-state index in [2.05, 4.69) is 12.2 Å². The van der Waals surface area contributed by atoms with Crippen LogP contribution >= 0.6 is 0 Å². The van der Waals surface area contributed by atoms with Crippen molar-refractivity contribution < 1.29 is 9.90 Å². The summed E-state index contributed by atoms with van der Waals surface area (Å²) < 4.78 is 0. The Morgan fingerprint density at radius 2 is 1.67 bits per heavy atom. The van der Waals surface area contributed by atoms with E-state index in [0.29, 0.717) is 13.0 Å². The molecule has 0 heterocycles. The molecule has 0 radical (unpaired) electrons. The SMILES string of the molecule is CCCCCCCCCC(O)C(=O)NCc1ccccc1. The molecule has 0 bridgehead atoms. The number of aliphatic hydroxyl groups is 1. The zero-order chi connectivity index (χ0) is 15.3. The van der Waals surface area contributed by atoms with Gasteiger partial charge in [0.05, 0.1) is 0 Å². The van der Waals surface area contributed by atoms with Crippen LogP contribution in [0.25, 0.3) is 0 Å². The fourth-order valence-corrected chi connectivity index (χ4v) is 2.33. The summed E-state index contributed by atoms with van der Waals surface area (Å²) in [6.07, 6.45) is 8.07. The highest BCUT2D eigenvalue weighted by Crippen LogP contribution is 2.10. The molecule has 0 aromatic heterocycles. The van der Waals surface area contributed by atoms with Gasteiger partial charge in [0.2, 0.25) is 5.91 Å². The predicted molar refractivity (Wildman–Crippen MR) is 86.9 cm³/mol. The third-order valence-corrected chi connectivity index (χ3v) is 3.69. The van der Waals surface area contributed by atoms with Gasteiger partial charge < -0.3 is 10.4 Å². The maximum atomic E-state index is 11.8. The summed E-state index contributed by atoms with van der Waals surface area (Å²) in [6, 6.07) is 9.75. The summed E-state index contributed by atoms with van der Waals surface area (Å²) in [6.45, 7) is 2.69. The second-order valence-electron chi connectivity index (χ2n) is 5.63. The average Bonchev–Trinajstić information content (AvgIpc) is 2.52. The molecule has 1 aromatic rings. The number of carbonyl (C=O) groups is 1. The molecule has 0 fully saturated rings. The van der Waals surface area contributed by atoms with E-state index in [4.69, 9.17) is 0 Å². The number of hydrogen-bond donors (Lipinski definition) is 2. The molecule has 1 unspecified atom stereocenters. The van der Waals surface area contributed by atoms with E-state index < -0.39 is 6.10 Å². The summed E-state index contributed by atoms with van der Waals surface area (Å²) in [5.41, 5.74) is 1.05. The Hall–Kier alpha value is -1.35. The zero-order valence-electron chi connectivity index (χ0n) is 13.2. The summed E-state index contributed by atoms with van der Waals surface area (Å²) in [5, 5.41) is 12.6. The van der Waals surface area contributed by atoms with Gasteiger partial charge in [-0.3, -0.25) is 4.79 Å². The van der Waals surface area contributed by atoms with Crippen LogP contribution in [-0.4, -0.2) is 17.1 Å². The summed E-state index contributed by atoms with van der Waals surface area (Å²) in [7, 11) is 0. The van der Waals surface area contributed by atoms with Gasteiger partial charge in [0.1, 0.15) is 6.10 Å². The average molecular weight is 291 g/mol. The quantitative estimate of drug-likeness (QED) is 0.609. The fraction of sp³-hybridized carbons (Fsp3) is 0.611. The molecule has 2 N–H and O–H groups in total. The van der Waals surface area contributed by atoms with Crippen molar-refractivity contribution in [3.05, 3.63) is 35.9 Å². The molecule has 0 saturated heterocycles. The number of benzene rings is 1. The van der Waals surface area contributed by atoms with Crippen molar-refractivity contribution in [1.82, 2.24) is 5.32 Å². The highest BCUT2D eigenvalue weighted by atomic mass is 16.3. The van der Waals surface area contributed by atoms with Crippen molar-refractivity contribution >= 4 is 5.91 Å². The van der Waals surface area contributed by atoms with Gasteiger partial charge in [-0.2, -0.15) is 0 Å². The monoisotopic (exact) mass is 291 g/mol.